The van der Waals surface area contributed by atoms with E-state index in [-0.39, 0.29) is 30.9 Å². The van der Waals surface area contributed by atoms with Gasteiger partial charge in [0.25, 0.3) is 0 Å². The van der Waals surface area contributed by atoms with Crippen LogP contribution in [0.4, 0.5) is 0 Å². The normalized spacial score (nSPS) is 14.2. The van der Waals surface area contributed by atoms with Gasteiger partial charge in [-0.3, -0.25) is 0 Å². The third-order valence-corrected chi connectivity index (χ3v) is 7.67. The first-order chi connectivity index (χ1) is 17.4. The summed E-state index contributed by atoms with van der Waals surface area (Å²) in [5.41, 5.74) is 9.58. The fraction of sp³-hybridized carbons (Fsp3) is 0.176. The molecule has 2 heterocycles. The van der Waals surface area contributed by atoms with Crippen LogP contribution in [0, 0.1) is 12.1 Å². The molecule has 0 N–H and O–H groups in total. The Balaban J connectivity index is 0.000000208. The van der Waals surface area contributed by atoms with E-state index < -0.39 is 0 Å². The number of aromatic nitrogens is 2. The van der Waals surface area contributed by atoms with Crippen molar-refractivity contribution in [2.45, 2.75) is 38.5 Å². The number of nitrogens with zero attached hydrogens (tertiary/aromatic N) is 2. The topological polar surface area (TPSA) is 25.8 Å². The Hall–Kier alpha value is -3.39. The minimum absolute atomic E-state index is 0. The van der Waals surface area contributed by atoms with Crippen molar-refractivity contribution in [3.63, 3.8) is 0 Å². The van der Waals surface area contributed by atoms with E-state index >= 15 is 0 Å². The summed E-state index contributed by atoms with van der Waals surface area (Å²) in [6.45, 7) is 9.38. The van der Waals surface area contributed by atoms with Crippen LogP contribution in [0.3, 0.4) is 0 Å². The molecular formula is C34H30IrN2-2. The van der Waals surface area contributed by atoms with Crippen molar-refractivity contribution in [3.05, 3.63) is 133 Å². The van der Waals surface area contributed by atoms with Crippen LogP contribution in [0.25, 0.3) is 33.6 Å². The van der Waals surface area contributed by atoms with Crippen molar-refractivity contribution in [1.29, 1.82) is 0 Å². The van der Waals surface area contributed by atoms with Gasteiger partial charge in [0.05, 0.1) is 0 Å². The molecule has 0 amide bonds. The first kappa shape index (κ1) is 26.7. The number of rotatable bonds is 2. The van der Waals surface area contributed by atoms with Gasteiger partial charge < -0.3 is 9.97 Å². The Morgan fingerprint density at radius 2 is 1.16 bits per heavy atom. The fourth-order valence-electron chi connectivity index (χ4n) is 4.91. The number of benzene rings is 3. The van der Waals surface area contributed by atoms with Gasteiger partial charge in [-0.05, 0) is 45.5 Å². The average molecular weight is 659 g/mol. The van der Waals surface area contributed by atoms with E-state index in [0.717, 1.165) is 22.5 Å². The summed E-state index contributed by atoms with van der Waals surface area (Å²) in [5.74, 6) is 0. The maximum atomic E-state index is 4.49. The van der Waals surface area contributed by atoms with Crippen LogP contribution in [0.5, 0.6) is 0 Å². The van der Waals surface area contributed by atoms with E-state index in [1.165, 1.54) is 22.3 Å². The zero-order valence-electron chi connectivity index (χ0n) is 21.6. The molecule has 3 aromatic carbocycles. The quantitative estimate of drug-likeness (QED) is 0.178. The van der Waals surface area contributed by atoms with Crippen LogP contribution >= 0.6 is 0 Å². The molecule has 0 fully saturated rings. The molecule has 1 aliphatic rings. The predicted octanol–water partition coefficient (Wildman–Crippen LogP) is 8.33. The number of pyridine rings is 2. The Morgan fingerprint density at radius 1 is 0.568 bits per heavy atom. The fourth-order valence-corrected chi connectivity index (χ4v) is 4.91. The molecule has 0 unspecified atom stereocenters. The van der Waals surface area contributed by atoms with Gasteiger partial charge in [0.1, 0.15) is 0 Å². The first-order valence-electron chi connectivity index (χ1n) is 12.4. The molecular weight excluding hydrogens is 629 g/mol. The maximum absolute atomic E-state index is 4.49. The van der Waals surface area contributed by atoms with E-state index in [0.29, 0.717) is 0 Å². The van der Waals surface area contributed by atoms with Gasteiger partial charge in [0, 0.05) is 32.5 Å². The second-order valence-electron chi connectivity index (χ2n) is 10.2. The molecule has 1 aliphatic carbocycles. The van der Waals surface area contributed by atoms with Crippen LogP contribution in [-0.4, -0.2) is 9.97 Å². The molecule has 0 saturated carbocycles. The van der Waals surface area contributed by atoms with E-state index in [1.54, 1.807) is 6.20 Å². The van der Waals surface area contributed by atoms with Crippen molar-refractivity contribution in [3.8, 4) is 33.6 Å². The van der Waals surface area contributed by atoms with E-state index in [9.17, 15) is 0 Å². The molecule has 37 heavy (non-hydrogen) atoms. The molecule has 0 bridgehead atoms. The molecule has 0 atom stereocenters. The van der Waals surface area contributed by atoms with Crippen molar-refractivity contribution >= 4 is 0 Å². The Kier molecular flexibility index (Phi) is 7.87. The summed E-state index contributed by atoms with van der Waals surface area (Å²) in [4.78, 5) is 8.71. The van der Waals surface area contributed by atoms with Crippen LogP contribution in [-0.2, 0) is 30.9 Å². The monoisotopic (exact) mass is 659 g/mol. The standard InChI is InChI=1S/C23H22N.C11H8N.Ir/c1-22(2)19-10-6-5-9-17(19)18-15-16(21-11-7-8-14-24-21)12-13-20(18)23(22,3)4;1-2-6-10(7-3-1)11-8-4-5-9-12-11;/h5-11,13-15H,1-4H3;1-6,8-9H;/q2*-1;. The van der Waals surface area contributed by atoms with Crippen molar-refractivity contribution in [2.24, 2.45) is 0 Å². The third kappa shape index (κ3) is 5.07. The van der Waals surface area contributed by atoms with Gasteiger partial charge in [-0.25, -0.2) is 0 Å². The van der Waals surface area contributed by atoms with Crippen LogP contribution in [0.15, 0.2) is 109 Å². The molecule has 0 saturated heterocycles. The minimum atomic E-state index is 0. The van der Waals surface area contributed by atoms with Gasteiger partial charge in [-0.15, -0.1) is 65.2 Å². The predicted molar refractivity (Wildman–Crippen MR) is 149 cm³/mol. The van der Waals surface area contributed by atoms with Gasteiger partial charge in [-0.1, -0.05) is 81.8 Å². The Morgan fingerprint density at radius 3 is 1.78 bits per heavy atom. The smallest absolute Gasteiger partial charge is 0.0160 e. The second-order valence-corrected chi connectivity index (χ2v) is 10.2. The minimum Gasteiger partial charge on any atom is -0.305 e. The molecule has 5 aromatic rings. The Labute approximate surface area is 234 Å². The molecule has 6 rings (SSSR count). The number of hydrogen-bond donors (Lipinski definition) is 0. The van der Waals surface area contributed by atoms with Gasteiger partial charge in [0.2, 0.25) is 0 Å². The molecule has 2 aromatic heterocycles. The molecule has 187 valence electrons. The summed E-state index contributed by atoms with van der Waals surface area (Å²) in [7, 11) is 0. The van der Waals surface area contributed by atoms with Crippen molar-refractivity contribution < 1.29 is 20.1 Å². The van der Waals surface area contributed by atoms with Gasteiger partial charge in [0.15, 0.2) is 0 Å². The molecule has 2 nitrogen and oxygen atoms in total. The van der Waals surface area contributed by atoms with E-state index in [4.69, 9.17) is 0 Å². The van der Waals surface area contributed by atoms with E-state index in [2.05, 4.69) is 86.2 Å². The zero-order chi connectivity index (χ0) is 25.2. The van der Waals surface area contributed by atoms with Crippen LogP contribution < -0.4 is 0 Å². The Bertz CT molecular complexity index is 1420. The van der Waals surface area contributed by atoms with Gasteiger partial charge in [-0.2, -0.15) is 0 Å². The average Bonchev–Trinajstić information content (AvgIpc) is 2.94. The zero-order valence-corrected chi connectivity index (χ0v) is 24.0. The maximum Gasteiger partial charge on any atom is 0.0160 e. The van der Waals surface area contributed by atoms with Crippen molar-refractivity contribution in [2.75, 3.05) is 0 Å². The molecule has 0 spiro atoms. The summed E-state index contributed by atoms with van der Waals surface area (Å²) in [6.07, 6.45) is 3.62. The first-order valence-corrected chi connectivity index (χ1v) is 12.4. The SMILES string of the molecule is CC1(C)c2c[c-]c(-c3ccccn3)cc2-c2ccccc2C1(C)C.[Ir].[c-]1ccccc1-c1ccccn1. The summed E-state index contributed by atoms with van der Waals surface area (Å²) in [5, 5.41) is 0. The summed E-state index contributed by atoms with van der Waals surface area (Å²) in [6, 6.07) is 39.5. The van der Waals surface area contributed by atoms with Crippen molar-refractivity contribution in [1.82, 2.24) is 9.97 Å². The molecule has 3 heteroatoms. The van der Waals surface area contributed by atoms with Crippen LogP contribution in [0.1, 0.15) is 38.8 Å². The summed E-state index contributed by atoms with van der Waals surface area (Å²) >= 11 is 0. The van der Waals surface area contributed by atoms with Gasteiger partial charge >= 0.3 is 0 Å². The van der Waals surface area contributed by atoms with Crippen LogP contribution in [0.2, 0.25) is 0 Å². The third-order valence-electron chi connectivity index (χ3n) is 7.67. The summed E-state index contributed by atoms with van der Waals surface area (Å²) < 4.78 is 0. The number of hydrogen-bond acceptors (Lipinski definition) is 2. The largest absolute Gasteiger partial charge is 0.305 e. The second kappa shape index (κ2) is 10.9. The van der Waals surface area contributed by atoms with E-state index in [1.807, 2.05) is 66.9 Å². The molecule has 1 radical (unpaired) electrons. The number of fused-ring (bicyclic) bond motifs is 3. The molecule has 0 aliphatic heterocycles.